The number of benzene rings is 1. The molecule has 1 amide bonds. The van der Waals surface area contributed by atoms with Gasteiger partial charge in [-0.05, 0) is 42.8 Å². The van der Waals surface area contributed by atoms with Crippen molar-refractivity contribution in [3.05, 3.63) is 60.2 Å². The Balaban J connectivity index is 1.90. The minimum Gasteiger partial charge on any atom is -0.481 e. The van der Waals surface area contributed by atoms with Gasteiger partial charge in [-0.2, -0.15) is 0 Å². The van der Waals surface area contributed by atoms with Crippen LogP contribution in [0.2, 0.25) is 0 Å². The normalized spacial score (nSPS) is 11.7. The summed E-state index contributed by atoms with van der Waals surface area (Å²) >= 11 is 0. The number of amides is 1. The van der Waals surface area contributed by atoms with Gasteiger partial charge in [0.2, 0.25) is 0 Å². The summed E-state index contributed by atoms with van der Waals surface area (Å²) in [5.41, 5.74) is 0.780. The van der Waals surface area contributed by atoms with Crippen LogP contribution in [0, 0.1) is 5.82 Å². The fraction of sp³-hybridized carbons (Fsp3) is 0.250. The maximum atomic E-state index is 12.8. The second-order valence-electron chi connectivity index (χ2n) is 4.51. The van der Waals surface area contributed by atoms with Crippen LogP contribution in [0.25, 0.3) is 0 Å². The number of halogens is 1. The first-order valence-electron chi connectivity index (χ1n) is 6.79. The summed E-state index contributed by atoms with van der Waals surface area (Å²) in [6.07, 6.45) is 1.58. The van der Waals surface area contributed by atoms with E-state index in [-0.39, 0.29) is 11.7 Å². The Morgan fingerprint density at radius 2 is 2.05 bits per heavy atom. The molecular formula is C16H17FN2O2. The molecule has 2 aromatic rings. The lowest BCUT2D eigenvalue weighted by Gasteiger charge is -2.17. The first kappa shape index (κ1) is 15.0. The van der Waals surface area contributed by atoms with Gasteiger partial charge >= 0.3 is 0 Å². The van der Waals surface area contributed by atoms with E-state index >= 15 is 0 Å². The average molecular weight is 288 g/mol. The summed E-state index contributed by atoms with van der Waals surface area (Å²) < 4.78 is 18.4. The highest BCUT2D eigenvalue weighted by Crippen LogP contribution is 2.14. The van der Waals surface area contributed by atoms with Crippen molar-refractivity contribution in [1.82, 2.24) is 10.3 Å². The molecule has 1 unspecified atom stereocenters. The molecule has 0 aliphatic rings. The van der Waals surface area contributed by atoms with E-state index in [0.29, 0.717) is 18.7 Å². The molecule has 1 aromatic carbocycles. The number of hydrogen-bond donors (Lipinski definition) is 1. The number of pyridine rings is 1. The fourth-order valence-corrected chi connectivity index (χ4v) is 1.79. The quantitative estimate of drug-likeness (QED) is 0.889. The summed E-state index contributed by atoms with van der Waals surface area (Å²) in [6, 6.07) is 11.1. The fourth-order valence-electron chi connectivity index (χ4n) is 1.79. The SMILES string of the molecule is CCC(Oc1ccc(F)cc1)C(=O)NCc1ccccn1. The van der Waals surface area contributed by atoms with E-state index in [2.05, 4.69) is 10.3 Å². The summed E-state index contributed by atoms with van der Waals surface area (Å²) in [5.74, 6) is -0.0845. The summed E-state index contributed by atoms with van der Waals surface area (Å²) in [4.78, 5) is 16.2. The predicted molar refractivity (Wildman–Crippen MR) is 77.2 cm³/mol. The van der Waals surface area contributed by atoms with Crippen LogP contribution in [0.3, 0.4) is 0 Å². The Hall–Kier alpha value is -2.43. The standard InChI is InChI=1S/C16H17FN2O2/c1-2-15(21-14-8-6-12(17)7-9-14)16(20)19-11-13-5-3-4-10-18-13/h3-10,15H,2,11H2,1H3,(H,19,20). The van der Waals surface area contributed by atoms with E-state index in [1.54, 1.807) is 6.20 Å². The van der Waals surface area contributed by atoms with Crippen LogP contribution in [0.4, 0.5) is 4.39 Å². The monoisotopic (exact) mass is 288 g/mol. The first-order chi connectivity index (χ1) is 10.2. The molecule has 0 aliphatic carbocycles. The van der Waals surface area contributed by atoms with E-state index in [9.17, 15) is 9.18 Å². The smallest absolute Gasteiger partial charge is 0.261 e. The molecule has 0 saturated carbocycles. The number of rotatable bonds is 6. The van der Waals surface area contributed by atoms with Gasteiger partial charge in [0, 0.05) is 6.20 Å². The zero-order chi connectivity index (χ0) is 15.1. The molecule has 2 rings (SSSR count). The second kappa shape index (κ2) is 7.38. The largest absolute Gasteiger partial charge is 0.481 e. The van der Waals surface area contributed by atoms with E-state index in [4.69, 9.17) is 4.74 Å². The number of aromatic nitrogens is 1. The molecule has 0 bridgehead atoms. The van der Waals surface area contributed by atoms with E-state index in [1.807, 2.05) is 25.1 Å². The number of carbonyl (C=O) groups excluding carboxylic acids is 1. The van der Waals surface area contributed by atoms with Crippen molar-refractivity contribution in [2.45, 2.75) is 26.0 Å². The highest BCUT2D eigenvalue weighted by atomic mass is 19.1. The Bertz CT molecular complexity index is 573. The van der Waals surface area contributed by atoms with Crippen molar-refractivity contribution >= 4 is 5.91 Å². The van der Waals surface area contributed by atoms with Gasteiger partial charge in [-0.3, -0.25) is 9.78 Å². The molecule has 110 valence electrons. The molecule has 1 N–H and O–H groups in total. The van der Waals surface area contributed by atoms with Gasteiger partial charge in [0.25, 0.3) is 5.91 Å². The Morgan fingerprint density at radius 1 is 1.29 bits per heavy atom. The molecular weight excluding hydrogens is 271 g/mol. The van der Waals surface area contributed by atoms with Crippen molar-refractivity contribution in [3.63, 3.8) is 0 Å². The molecule has 0 aliphatic heterocycles. The zero-order valence-corrected chi connectivity index (χ0v) is 11.8. The molecule has 4 nitrogen and oxygen atoms in total. The number of carbonyl (C=O) groups is 1. The van der Waals surface area contributed by atoms with Crippen LogP contribution in [0.5, 0.6) is 5.75 Å². The summed E-state index contributed by atoms with van der Waals surface area (Å²) in [5, 5.41) is 2.78. The van der Waals surface area contributed by atoms with Gasteiger partial charge in [0.15, 0.2) is 6.10 Å². The van der Waals surface area contributed by atoms with Crippen LogP contribution >= 0.6 is 0 Å². The Morgan fingerprint density at radius 3 is 2.67 bits per heavy atom. The van der Waals surface area contributed by atoms with Gasteiger partial charge in [-0.15, -0.1) is 0 Å². The molecule has 0 saturated heterocycles. The number of hydrogen-bond acceptors (Lipinski definition) is 3. The van der Waals surface area contributed by atoms with E-state index in [0.717, 1.165) is 5.69 Å². The van der Waals surface area contributed by atoms with Crippen molar-refractivity contribution in [2.75, 3.05) is 0 Å². The predicted octanol–water partition coefficient (Wildman–Crippen LogP) is 2.69. The number of nitrogens with zero attached hydrogens (tertiary/aromatic N) is 1. The van der Waals surface area contributed by atoms with Crippen LogP contribution < -0.4 is 10.1 Å². The molecule has 0 radical (unpaired) electrons. The topological polar surface area (TPSA) is 51.2 Å². The van der Waals surface area contributed by atoms with Gasteiger partial charge in [0.05, 0.1) is 12.2 Å². The molecule has 1 heterocycles. The average Bonchev–Trinajstić information content (AvgIpc) is 2.53. The van der Waals surface area contributed by atoms with Crippen LogP contribution in [0.15, 0.2) is 48.7 Å². The lowest BCUT2D eigenvalue weighted by molar-refractivity contribution is -0.128. The minimum atomic E-state index is -0.612. The van der Waals surface area contributed by atoms with Gasteiger partial charge < -0.3 is 10.1 Å². The lowest BCUT2D eigenvalue weighted by Crippen LogP contribution is -2.37. The zero-order valence-electron chi connectivity index (χ0n) is 11.8. The highest BCUT2D eigenvalue weighted by Gasteiger charge is 2.18. The molecule has 0 fully saturated rings. The van der Waals surface area contributed by atoms with Crippen LogP contribution in [0.1, 0.15) is 19.0 Å². The molecule has 0 spiro atoms. The third-order valence-corrected chi connectivity index (χ3v) is 2.93. The molecule has 1 atom stereocenters. The molecule has 5 heteroatoms. The lowest BCUT2D eigenvalue weighted by atomic mass is 10.2. The minimum absolute atomic E-state index is 0.215. The molecule has 1 aromatic heterocycles. The summed E-state index contributed by atoms with van der Waals surface area (Å²) in [6.45, 7) is 2.21. The Kier molecular flexibility index (Phi) is 5.26. The number of nitrogens with one attached hydrogen (secondary N) is 1. The number of ether oxygens (including phenoxy) is 1. The maximum Gasteiger partial charge on any atom is 0.261 e. The Labute approximate surface area is 123 Å². The van der Waals surface area contributed by atoms with E-state index in [1.165, 1.54) is 24.3 Å². The second-order valence-corrected chi connectivity index (χ2v) is 4.51. The van der Waals surface area contributed by atoms with Gasteiger partial charge in [-0.1, -0.05) is 13.0 Å². The van der Waals surface area contributed by atoms with E-state index < -0.39 is 6.10 Å². The van der Waals surface area contributed by atoms with Crippen LogP contribution in [-0.2, 0) is 11.3 Å². The van der Waals surface area contributed by atoms with Crippen LogP contribution in [-0.4, -0.2) is 17.0 Å². The first-order valence-corrected chi connectivity index (χ1v) is 6.79. The van der Waals surface area contributed by atoms with Gasteiger partial charge in [0.1, 0.15) is 11.6 Å². The van der Waals surface area contributed by atoms with Crippen molar-refractivity contribution < 1.29 is 13.9 Å². The third kappa shape index (κ3) is 4.56. The molecule has 21 heavy (non-hydrogen) atoms. The van der Waals surface area contributed by atoms with Crippen molar-refractivity contribution in [1.29, 1.82) is 0 Å². The maximum absolute atomic E-state index is 12.8. The highest BCUT2D eigenvalue weighted by molar-refractivity contribution is 5.81. The summed E-state index contributed by atoms with van der Waals surface area (Å²) in [7, 11) is 0. The van der Waals surface area contributed by atoms with Crippen molar-refractivity contribution in [2.24, 2.45) is 0 Å². The third-order valence-electron chi connectivity index (χ3n) is 2.93. The van der Waals surface area contributed by atoms with Crippen molar-refractivity contribution in [3.8, 4) is 5.75 Å². The van der Waals surface area contributed by atoms with Gasteiger partial charge in [-0.25, -0.2) is 4.39 Å².